The first-order valence-electron chi connectivity index (χ1n) is 5.86. The Bertz CT molecular complexity index is 433. The maximum atomic E-state index is 13.1. The first kappa shape index (κ1) is 12.0. The molecule has 1 aromatic rings. The van der Waals surface area contributed by atoms with Crippen LogP contribution in [0.15, 0.2) is 18.2 Å². The van der Waals surface area contributed by atoms with Gasteiger partial charge in [0.2, 0.25) is 0 Å². The van der Waals surface area contributed by atoms with Crippen LogP contribution in [0.2, 0.25) is 0 Å². The van der Waals surface area contributed by atoms with Gasteiger partial charge in [-0.3, -0.25) is 9.69 Å². The summed E-state index contributed by atoms with van der Waals surface area (Å²) in [5.41, 5.74) is 2.09. The maximum Gasteiger partial charge on any atom is 0.317 e. The van der Waals surface area contributed by atoms with Gasteiger partial charge in [-0.15, -0.1) is 0 Å². The van der Waals surface area contributed by atoms with Gasteiger partial charge in [0.05, 0.1) is 6.54 Å². The third-order valence-corrected chi connectivity index (χ3v) is 3.34. The summed E-state index contributed by atoms with van der Waals surface area (Å²) >= 11 is 0. The molecule has 92 valence electrons. The highest BCUT2D eigenvalue weighted by Crippen LogP contribution is 2.35. The molecule has 0 bridgehead atoms. The summed E-state index contributed by atoms with van der Waals surface area (Å²) < 4.78 is 13.1. The predicted molar refractivity (Wildman–Crippen MR) is 62.3 cm³/mol. The largest absolute Gasteiger partial charge is 0.480 e. The van der Waals surface area contributed by atoms with Crippen molar-refractivity contribution in [1.29, 1.82) is 0 Å². The van der Waals surface area contributed by atoms with E-state index in [4.69, 9.17) is 5.11 Å². The minimum atomic E-state index is -0.817. The van der Waals surface area contributed by atoms with Crippen LogP contribution in [0.3, 0.4) is 0 Å². The molecule has 1 atom stereocenters. The van der Waals surface area contributed by atoms with E-state index in [1.807, 2.05) is 11.8 Å². The van der Waals surface area contributed by atoms with Gasteiger partial charge in [-0.1, -0.05) is 13.0 Å². The number of carboxylic acid groups (broad SMARTS) is 1. The normalized spacial score (nSPS) is 18.4. The molecule has 1 aliphatic carbocycles. The van der Waals surface area contributed by atoms with Crippen molar-refractivity contribution in [2.24, 2.45) is 0 Å². The third kappa shape index (κ3) is 2.47. The fourth-order valence-electron chi connectivity index (χ4n) is 2.56. The fraction of sp³-hybridized carbons (Fsp3) is 0.462. The molecule has 1 unspecified atom stereocenters. The average molecular weight is 237 g/mol. The first-order chi connectivity index (χ1) is 8.11. The van der Waals surface area contributed by atoms with Crippen LogP contribution in [0.5, 0.6) is 0 Å². The minimum Gasteiger partial charge on any atom is -0.480 e. The molecule has 1 aromatic carbocycles. The molecule has 3 nitrogen and oxygen atoms in total. The molecule has 0 aliphatic heterocycles. The Balaban J connectivity index is 2.22. The molecule has 0 spiro atoms. The van der Waals surface area contributed by atoms with E-state index in [1.165, 1.54) is 6.07 Å². The van der Waals surface area contributed by atoms with E-state index >= 15 is 0 Å². The van der Waals surface area contributed by atoms with Crippen molar-refractivity contribution in [2.75, 3.05) is 13.1 Å². The lowest BCUT2D eigenvalue weighted by atomic mass is 10.1. The summed E-state index contributed by atoms with van der Waals surface area (Å²) in [5, 5.41) is 8.87. The zero-order chi connectivity index (χ0) is 12.4. The van der Waals surface area contributed by atoms with Crippen LogP contribution < -0.4 is 0 Å². The second kappa shape index (κ2) is 4.84. The molecule has 0 aromatic heterocycles. The van der Waals surface area contributed by atoms with Crippen molar-refractivity contribution in [3.8, 4) is 0 Å². The minimum absolute atomic E-state index is 0.0397. The van der Waals surface area contributed by atoms with Gasteiger partial charge in [0.25, 0.3) is 0 Å². The van der Waals surface area contributed by atoms with E-state index in [0.29, 0.717) is 6.54 Å². The highest BCUT2D eigenvalue weighted by molar-refractivity contribution is 5.69. The summed E-state index contributed by atoms with van der Waals surface area (Å²) in [5.74, 6) is -1.03. The van der Waals surface area contributed by atoms with Crippen LogP contribution in [0.25, 0.3) is 0 Å². The topological polar surface area (TPSA) is 40.5 Å². The number of likely N-dealkylation sites (N-methyl/N-ethyl adjacent to an activating group) is 1. The molecule has 0 fully saturated rings. The van der Waals surface area contributed by atoms with Crippen molar-refractivity contribution >= 4 is 5.97 Å². The zero-order valence-electron chi connectivity index (χ0n) is 9.82. The van der Waals surface area contributed by atoms with E-state index in [2.05, 4.69) is 0 Å². The Kier molecular flexibility index (Phi) is 3.43. The quantitative estimate of drug-likeness (QED) is 0.873. The second-order valence-corrected chi connectivity index (χ2v) is 4.35. The number of hydrogen-bond acceptors (Lipinski definition) is 2. The summed E-state index contributed by atoms with van der Waals surface area (Å²) in [6.07, 6.45) is 1.70. The molecule has 0 amide bonds. The Morgan fingerprint density at radius 2 is 2.35 bits per heavy atom. The maximum absolute atomic E-state index is 13.1. The second-order valence-electron chi connectivity index (χ2n) is 4.35. The smallest absolute Gasteiger partial charge is 0.317 e. The van der Waals surface area contributed by atoms with Crippen LogP contribution in [-0.4, -0.2) is 29.1 Å². The molecule has 0 heterocycles. The molecule has 0 saturated heterocycles. The van der Waals surface area contributed by atoms with Gasteiger partial charge in [-0.25, -0.2) is 4.39 Å². The summed E-state index contributed by atoms with van der Waals surface area (Å²) in [4.78, 5) is 12.7. The Labute approximate surface area is 99.9 Å². The van der Waals surface area contributed by atoms with Gasteiger partial charge in [0.1, 0.15) is 5.82 Å². The van der Waals surface area contributed by atoms with Crippen molar-refractivity contribution < 1.29 is 14.3 Å². The van der Waals surface area contributed by atoms with Crippen LogP contribution in [0.1, 0.15) is 30.5 Å². The molecule has 0 radical (unpaired) electrons. The van der Waals surface area contributed by atoms with Gasteiger partial charge >= 0.3 is 5.97 Å². The van der Waals surface area contributed by atoms with E-state index in [0.717, 1.165) is 24.0 Å². The van der Waals surface area contributed by atoms with Crippen molar-refractivity contribution in [3.05, 3.63) is 35.1 Å². The summed E-state index contributed by atoms with van der Waals surface area (Å²) in [6, 6.07) is 4.91. The molecule has 1 N–H and O–H groups in total. The monoisotopic (exact) mass is 237 g/mol. The number of halogens is 1. The van der Waals surface area contributed by atoms with Gasteiger partial charge in [-0.2, -0.15) is 0 Å². The highest BCUT2D eigenvalue weighted by atomic mass is 19.1. The van der Waals surface area contributed by atoms with E-state index in [1.54, 1.807) is 12.1 Å². The SMILES string of the molecule is CCN(CC(=O)O)C1CCc2cc(F)ccc21. The number of benzene rings is 1. The number of fused-ring (bicyclic) bond motifs is 1. The predicted octanol–water partition coefficient (Wildman–Crippen LogP) is 2.22. The van der Waals surface area contributed by atoms with Crippen molar-refractivity contribution in [2.45, 2.75) is 25.8 Å². The van der Waals surface area contributed by atoms with Gasteiger partial charge < -0.3 is 5.11 Å². The molecule has 2 rings (SSSR count). The Morgan fingerprint density at radius 3 is 3.00 bits per heavy atom. The van der Waals surface area contributed by atoms with Crippen LogP contribution in [-0.2, 0) is 11.2 Å². The molecular formula is C13H16FNO2. The van der Waals surface area contributed by atoms with Crippen LogP contribution in [0, 0.1) is 5.82 Å². The summed E-state index contributed by atoms with van der Waals surface area (Å²) in [7, 11) is 0. The van der Waals surface area contributed by atoms with Crippen LogP contribution >= 0.6 is 0 Å². The third-order valence-electron chi connectivity index (χ3n) is 3.34. The fourth-order valence-corrected chi connectivity index (χ4v) is 2.56. The first-order valence-corrected chi connectivity index (χ1v) is 5.86. The molecule has 1 aliphatic rings. The van der Waals surface area contributed by atoms with Gasteiger partial charge in [-0.05, 0) is 42.6 Å². The number of aliphatic carboxylic acids is 1. The van der Waals surface area contributed by atoms with E-state index in [9.17, 15) is 9.18 Å². The highest BCUT2D eigenvalue weighted by Gasteiger charge is 2.28. The number of nitrogens with zero attached hydrogens (tertiary/aromatic N) is 1. The zero-order valence-corrected chi connectivity index (χ0v) is 9.82. The number of hydrogen-bond donors (Lipinski definition) is 1. The number of carboxylic acids is 1. The van der Waals surface area contributed by atoms with Gasteiger partial charge in [0, 0.05) is 6.04 Å². The Morgan fingerprint density at radius 1 is 1.59 bits per heavy atom. The lowest BCUT2D eigenvalue weighted by molar-refractivity contribution is -0.138. The van der Waals surface area contributed by atoms with Crippen molar-refractivity contribution in [3.63, 3.8) is 0 Å². The number of carbonyl (C=O) groups is 1. The molecule has 17 heavy (non-hydrogen) atoms. The number of aryl methyl sites for hydroxylation is 1. The molecular weight excluding hydrogens is 221 g/mol. The van der Waals surface area contributed by atoms with E-state index < -0.39 is 5.97 Å². The van der Waals surface area contributed by atoms with Crippen LogP contribution in [0.4, 0.5) is 4.39 Å². The summed E-state index contributed by atoms with van der Waals surface area (Å²) in [6.45, 7) is 2.68. The van der Waals surface area contributed by atoms with Gasteiger partial charge in [0.15, 0.2) is 0 Å². The average Bonchev–Trinajstić information content (AvgIpc) is 2.68. The van der Waals surface area contributed by atoms with E-state index in [-0.39, 0.29) is 18.4 Å². The molecule has 4 heteroatoms. The lowest BCUT2D eigenvalue weighted by Gasteiger charge is -2.26. The van der Waals surface area contributed by atoms with Crippen molar-refractivity contribution in [1.82, 2.24) is 4.90 Å². The molecule has 0 saturated carbocycles. The standard InChI is InChI=1S/C13H16FNO2/c1-2-15(8-13(16)17)12-6-3-9-7-10(14)4-5-11(9)12/h4-5,7,12H,2-3,6,8H2,1H3,(H,16,17). The lowest BCUT2D eigenvalue weighted by Crippen LogP contribution is -2.32. The Hall–Kier alpha value is -1.42. The number of rotatable bonds is 4.